The minimum Gasteiger partial charge on any atom is -0.493 e. The molecular weight excluding hydrogens is 410 g/mol. The maximum Gasteiger partial charge on any atom is 0.227 e. The lowest BCUT2D eigenvalue weighted by Gasteiger charge is -2.14. The summed E-state index contributed by atoms with van der Waals surface area (Å²) in [6.07, 6.45) is 4.85. The van der Waals surface area contributed by atoms with Crippen LogP contribution in [-0.2, 0) is 6.42 Å². The number of aryl methyl sites for hydroxylation is 1. The summed E-state index contributed by atoms with van der Waals surface area (Å²) in [6.45, 7) is 0.553. The average Bonchev–Trinajstić information content (AvgIpc) is 3.37. The molecule has 0 amide bonds. The monoisotopic (exact) mass is 433 g/mol. The van der Waals surface area contributed by atoms with Crippen molar-refractivity contribution < 1.29 is 9.26 Å². The van der Waals surface area contributed by atoms with Crippen LogP contribution in [0.25, 0.3) is 33.6 Å². The molecule has 5 rings (SSSR count). The van der Waals surface area contributed by atoms with Gasteiger partial charge in [-0.15, -0.1) is 0 Å². The smallest absolute Gasteiger partial charge is 0.227 e. The van der Waals surface area contributed by atoms with Crippen LogP contribution in [-0.4, -0.2) is 21.7 Å². The average molecular weight is 434 g/mol. The lowest BCUT2D eigenvalue weighted by atomic mass is 9.98. The van der Waals surface area contributed by atoms with E-state index in [4.69, 9.17) is 9.26 Å². The summed E-state index contributed by atoms with van der Waals surface area (Å²) in [7, 11) is 0. The van der Waals surface area contributed by atoms with Gasteiger partial charge in [-0.05, 0) is 47.4 Å². The van der Waals surface area contributed by atoms with Crippen molar-refractivity contribution in [3.05, 3.63) is 109 Å². The minimum atomic E-state index is 0.553. The van der Waals surface area contributed by atoms with Crippen LogP contribution < -0.4 is 4.74 Å². The number of pyridine rings is 1. The van der Waals surface area contributed by atoms with Crippen LogP contribution in [0.4, 0.5) is 0 Å². The van der Waals surface area contributed by atoms with Gasteiger partial charge in [-0.25, -0.2) is 0 Å². The highest BCUT2D eigenvalue weighted by Crippen LogP contribution is 2.34. The number of nitrogens with zero attached hydrogens (tertiary/aromatic N) is 3. The van der Waals surface area contributed by atoms with Gasteiger partial charge in [-0.1, -0.05) is 71.9 Å². The molecule has 0 saturated carbocycles. The van der Waals surface area contributed by atoms with Crippen molar-refractivity contribution in [3.8, 4) is 39.4 Å². The Morgan fingerprint density at radius 2 is 1.42 bits per heavy atom. The van der Waals surface area contributed by atoms with E-state index in [0.717, 1.165) is 34.4 Å². The van der Waals surface area contributed by atoms with Crippen molar-refractivity contribution in [1.82, 2.24) is 15.1 Å². The van der Waals surface area contributed by atoms with E-state index in [1.165, 1.54) is 5.56 Å². The van der Waals surface area contributed by atoms with Crippen molar-refractivity contribution in [2.45, 2.75) is 12.8 Å². The van der Waals surface area contributed by atoms with Gasteiger partial charge in [0.25, 0.3) is 0 Å². The molecule has 3 aromatic carbocycles. The topological polar surface area (TPSA) is 61.0 Å². The van der Waals surface area contributed by atoms with Gasteiger partial charge in [0.15, 0.2) is 0 Å². The van der Waals surface area contributed by atoms with Gasteiger partial charge in [0, 0.05) is 29.9 Å². The summed E-state index contributed by atoms with van der Waals surface area (Å²) >= 11 is 0. The number of hydrogen-bond acceptors (Lipinski definition) is 5. The van der Waals surface area contributed by atoms with Crippen molar-refractivity contribution >= 4 is 0 Å². The van der Waals surface area contributed by atoms with E-state index in [0.29, 0.717) is 24.7 Å². The molecule has 0 aliphatic heterocycles. The summed E-state index contributed by atoms with van der Waals surface area (Å²) < 4.78 is 11.6. The zero-order chi connectivity index (χ0) is 22.3. The standard InChI is InChI=1S/C28H23N3O2/c1-3-8-21(9-4-1)24-13-14-26(25(20-24)22-10-5-2-6-11-22)32-19-7-12-27-30-28(31-33-27)23-15-17-29-18-16-23/h1-6,8-11,13-18,20H,7,12,19H2. The molecule has 0 bridgehead atoms. The molecule has 0 aliphatic rings. The molecule has 2 heterocycles. The molecule has 5 aromatic rings. The second-order valence-electron chi connectivity index (χ2n) is 7.64. The SMILES string of the molecule is c1ccc(-c2ccc(OCCCc3nc(-c4ccncc4)no3)c(-c3ccccc3)c2)cc1. The molecular formula is C28H23N3O2. The number of ether oxygens (including phenoxy) is 1. The van der Waals surface area contributed by atoms with Crippen molar-refractivity contribution in [1.29, 1.82) is 0 Å². The number of benzene rings is 3. The molecule has 33 heavy (non-hydrogen) atoms. The molecule has 2 aromatic heterocycles. The summed E-state index contributed by atoms with van der Waals surface area (Å²) in [5.41, 5.74) is 5.44. The molecule has 0 saturated heterocycles. The van der Waals surface area contributed by atoms with Crippen molar-refractivity contribution in [3.63, 3.8) is 0 Å². The first-order valence-corrected chi connectivity index (χ1v) is 11.0. The summed E-state index contributed by atoms with van der Waals surface area (Å²) in [5.74, 6) is 2.05. The fraction of sp³-hybridized carbons (Fsp3) is 0.107. The Hall–Kier alpha value is -4.25. The van der Waals surface area contributed by atoms with Crippen LogP contribution >= 0.6 is 0 Å². The van der Waals surface area contributed by atoms with E-state index in [1.54, 1.807) is 12.4 Å². The third-order valence-corrected chi connectivity index (χ3v) is 5.37. The largest absolute Gasteiger partial charge is 0.493 e. The number of aromatic nitrogens is 3. The fourth-order valence-electron chi connectivity index (χ4n) is 3.69. The predicted molar refractivity (Wildman–Crippen MR) is 129 cm³/mol. The Labute approximate surface area is 192 Å². The van der Waals surface area contributed by atoms with Crippen LogP contribution in [0.2, 0.25) is 0 Å². The van der Waals surface area contributed by atoms with Gasteiger partial charge in [-0.3, -0.25) is 4.98 Å². The Bertz CT molecular complexity index is 1300. The number of rotatable bonds is 8. The predicted octanol–water partition coefficient (Wildman–Crippen LogP) is 6.48. The zero-order valence-electron chi connectivity index (χ0n) is 18.1. The molecule has 0 fully saturated rings. The second kappa shape index (κ2) is 9.92. The van der Waals surface area contributed by atoms with Crippen LogP contribution in [0.3, 0.4) is 0 Å². The van der Waals surface area contributed by atoms with Crippen LogP contribution in [0.1, 0.15) is 12.3 Å². The van der Waals surface area contributed by atoms with E-state index < -0.39 is 0 Å². The normalized spacial score (nSPS) is 10.8. The molecule has 0 radical (unpaired) electrons. The molecule has 0 aliphatic carbocycles. The van der Waals surface area contributed by atoms with E-state index in [-0.39, 0.29) is 0 Å². The van der Waals surface area contributed by atoms with Gasteiger partial charge in [0.05, 0.1) is 6.61 Å². The fourth-order valence-corrected chi connectivity index (χ4v) is 3.69. The number of hydrogen-bond donors (Lipinski definition) is 0. The van der Waals surface area contributed by atoms with Gasteiger partial charge >= 0.3 is 0 Å². The van der Waals surface area contributed by atoms with Gasteiger partial charge in [0.2, 0.25) is 11.7 Å². The lowest BCUT2D eigenvalue weighted by Crippen LogP contribution is -2.01. The maximum atomic E-state index is 6.20. The first kappa shape index (κ1) is 20.6. The Morgan fingerprint density at radius 3 is 2.18 bits per heavy atom. The third kappa shape index (κ3) is 4.99. The van der Waals surface area contributed by atoms with Crippen molar-refractivity contribution in [2.75, 3.05) is 6.61 Å². The highest BCUT2D eigenvalue weighted by Gasteiger charge is 2.11. The van der Waals surface area contributed by atoms with Crippen LogP contribution in [0, 0.1) is 0 Å². The lowest BCUT2D eigenvalue weighted by molar-refractivity contribution is 0.299. The molecule has 0 spiro atoms. The Kier molecular flexibility index (Phi) is 6.20. The van der Waals surface area contributed by atoms with Gasteiger partial charge in [0.1, 0.15) is 5.75 Å². The van der Waals surface area contributed by atoms with Gasteiger partial charge < -0.3 is 9.26 Å². The van der Waals surface area contributed by atoms with Gasteiger partial charge in [-0.2, -0.15) is 4.98 Å². The summed E-state index contributed by atoms with van der Waals surface area (Å²) in [4.78, 5) is 8.49. The quantitative estimate of drug-likeness (QED) is 0.262. The molecule has 0 atom stereocenters. The minimum absolute atomic E-state index is 0.553. The summed E-state index contributed by atoms with van der Waals surface area (Å²) in [5, 5.41) is 4.06. The zero-order valence-corrected chi connectivity index (χ0v) is 18.1. The third-order valence-electron chi connectivity index (χ3n) is 5.37. The van der Waals surface area contributed by atoms with E-state index >= 15 is 0 Å². The highest BCUT2D eigenvalue weighted by molar-refractivity contribution is 5.77. The molecule has 0 unspecified atom stereocenters. The van der Waals surface area contributed by atoms with E-state index in [9.17, 15) is 0 Å². The van der Waals surface area contributed by atoms with E-state index in [2.05, 4.69) is 69.7 Å². The molecule has 162 valence electrons. The summed E-state index contributed by atoms with van der Waals surface area (Å²) in [6, 6.07) is 30.8. The Balaban J connectivity index is 1.28. The first-order chi connectivity index (χ1) is 16.4. The van der Waals surface area contributed by atoms with Crippen LogP contribution in [0.15, 0.2) is 108 Å². The molecule has 0 N–H and O–H groups in total. The first-order valence-electron chi connectivity index (χ1n) is 11.0. The van der Waals surface area contributed by atoms with E-state index in [1.807, 2.05) is 36.4 Å². The highest BCUT2D eigenvalue weighted by atomic mass is 16.5. The molecule has 5 nitrogen and oxygen atoms in total. The van der Waals surface area contributed by atoms with Crippen molar-refractivity contribution in [2.24, 2.45) is 0 Å². The Morgan fingerprint density at radius 1 is 0.697 bits per heavy atom. The molecule has 5 heteroatoms. The second-order valence-corrected chi connectivity index (χ2v) is 7.64. The maximum absolute atomic E-state index is 6.20. The van der Waals surface area contributed by atoms with Crippen LogP contribution in [0.5, 0.6) is 5.75 Å².